The van der Waals surface area contributed by atoms with Crippen LogP contribution in [0, 0.1) is 0 Å². The highest BCUT2D eigenvalue weighted by molar-refractivity contribution is 9.10. The van der Waals surface area contributed by atoms with Gasteiger partial charge in [0.2, 0.25) is 0 Å². The first kappa shape index (κ1) is 12.3. The summed E-state index contributed by atoms with van der Waals surface area (Å²) in [4.78, 5) is 0. The number of hydrogen-bond acceptors (Lipinski definition) is 3. The smallest absolute Gasteiger partial charge is 0.124 e. The van der Waals surface area contributed by atoms with Gasteiger partial charge in [-0.2, -0.15) is 0 Å². The number of rotatable bonds is 5. The average Bonchev–Trinajstić information content (AvgIpc) is 2.85. The maximum atomic E-state index is 4.81. The van der Waals surface area contributed by atoms with Gasteiger partial charge in [0, 0.05) is 23.1 Å². The molecule has 2 aromatic rings. The number of benzene rings is 1. The zero-order valence-electron chi connectivity index (χ0n) is 9.69. The maximum Gasteiger partial charge on any atom is 0.124 e. The van der Waals surface area contributed by atoms with Gasteiger partial charge >= 0.3 is 0 Å². The third-order valence-corrected chi connectivity index (χ3v) is 3.23. The molecule has 1 aromatic carbocycles. The summed E-state index contributed by atoms with van der Waals surface area (Å²) in [5, 5.41) is 7.36. The van der Waals surface area contributed by atoms with E-state index in [0.29, 0.717) is 6.04 Å². The van der Waals surface area contributed by atoms with E-state index in [1.807, 2.05) is 6.07 Å². The van der Waals surface area contributed by atoms with E-state index in [1.54, 1.807) is 6.26 Å². The molecular formula is C13H15BrN2O. The van der Waals surface area contributed by atoms with Crippen molar-refractivity contribution in [1.29, 1.82) is 0 Å². The third kappa shape index (κ3) is 3.41. The highest BCUT2D eigenvalue weighted by Crippen LogP contribution is 2.19. The van der Waals surface area contributed by atoms with Gasteiger partial charge in [-0.1, -0.05) is 40.1 Å². The fourth-order valence-electron chi connectivity index (χ4n) is 1.75. The number of nitrogens with zero attached hydrogens (tertiary/aromatic N) is 1. The Balaban J connectivity index is 1.99. The van der Waals surface area contributed by atoms with Crippen LogP contribution in [0.25, 0.3) is 0 Å². The van der Waals surface area contributed by atoms with Gasteiger partial charge in [0.1, 0.15) is 6.26 Å². The quantitative estimate of drug-likeness (QED) is 0.914. The number of hydrogen-bond donors (Lipinski definition) is 1. The first-order valence-corrected chi connectivity index (χ1v) is 6.47. The molecule has 3 nitrogen and oxygen atoms in total. The minimum atomic E-state index is 0.347. The van der Waals surface area contributed by atoms with Crippen molar-refractivity contribution in [3.63, 3.8) is 0 Å². The molecule has 1 atom stereocenters. The average molecular weight is 295 g/mol. The lowest BCUT2D eigenvalue weighted by Gasteiger charge is -2.16. The largest absolute Gasteiger partial charge is 0.364 e. The Bertz CT molecular complexity index is 439. The van der Waals surface area contributed by atoms with Gasteiger partial charge < -0.3 is 9.84 Å². The SMILES string of the molecule is CCC(NCc1ccon1)c1ccc(Br)cc1. The summed E-state index contributed by atoms with van der Waals surface area (Å²) in [6.07, 6.45) is 2.64. The lowest BCUT2D eigenvalue weighted by Crippen LogP contribution is -2.20. The van der Waals surface area contributed by atoms with Crippen LogP contribution < -0.4 is 5.32 Å². The Morgan fingerprint density at radius 1 is 1.29 bits per heavy atom. The van der Waals surface area contributed by atoms with Crippen molar-refractivity contribution in [2.24, 2.45) is 0 Å². The van der Waals surface area contributed by atoms with Gasteiger partial charge in [-0.3, -0.25) is 0 Å². The predicted molar refractivity (Wildman–Crippen MR) is 70.5 cm³/mol. The summed E-state index contributed by atoms with van der Waals surface area (Å²) >= 11 is 3.44. The van der Waals surface area contributed by atoms with E-state index in [-0.39, 0.29) is 0 Å². The molecule has 1 N–H and O–H groups in total. The first-order valence-electron chi connectivity index (χ1n) is 5.67. The van der Waals surface area contributed by atoms with Crippen molar-refractivity contribution in [3.05, 3.63) is 52.3 Å². The lowest BCUT2D eigenvalue weighted by atomic mass is 10.0. The summed E-state index contributed by atoms with van der Waals surface area (Å²) in [7, 11) is 0. The van der Waals surface area contributed by atoms with Crippen molar-refractivity contribution in [2.75, 3.05) is 0 Å². The van der Waals surface area contributed by atoms with Crippen LogP contribution in [-0.2, 0) is 6.54 Å². The summed E-state index contributed by atoms with van der Waals surface area (Å²) in [6.45, 7) is 2.90. The van der Waals surface area contributed by atoms with Crippen LogP contribution in [0.15, 0.2) is 45.6 Å². The molecule has 90 valence electrons. The summed E-state index contributed by atoms with van der Waals surface area (Å²) < 4.78 is 5.91. The molecule has 0 amide bonds. The van der Waals surface area contributed by atoms with Crippen molar-refractivity contribution in [1.82, 2.24) is 10.5 Å². The topological polar surface area (TPSA) is 38.1 Å². The minimum absolute atomic E-state index is 0.347. The van der Waals surface area contributed by atoms with E-state index in [4.69, 9.17) is 4.52 Å². The van der Waals surface area contributed by atoms with E-state index < -0.39 is 0 Å². The molecule has 0 bridgehead atoms. The van der Waals surface area contributed by atoms with Crippen LogP contribution in [0.2, 0.25) is 0 Å². The predicted octanol–water partition coefficient (Wildman–Crippen LogP) is 3.68. The summed E-state index contributed by atoms with van der Waals surface area (Å²) in [6, 6.07) is 10.6. The Labute approximate surface area is 109 Å². The Kier molecular flexibility index (Phi) is 4.34. The summed E-state index contributed by atoms with van der Waals surface area (Å²) in [5.74, 6) is 0. The van der Waals surface area contributed by atoms with Gasteiger partial charge in [-0.15, -0.1) is 0 Å². The van der Waals surface area contributed by atoms with E-state index in [1.165, 1.54) is 5.56 Å². The highest BCUT2D eigenvalue weighted by Gasteiger charge is 2.09. The van der Waals surface area contributed by atoms with Gasteiger partial charge in [0.15, 0.2) is 0 Å². The molecule has 1 heterocycles. The molecule has 1 aromatic heterocycles. The second kappa shape index (κ2) is 5.98. The van der Waals surface area contributed by atoms with Crippen LogP contribution in [-0.4, -0.2) is 5.16 Å². The van der Waals surface area contributed by atoms with E-state index in [0.717, 1.165) is 23.1 Å². The molecule has 0 fully saturated rings. The Morgan fingerprint density at radius 3 is 2.65 bits per heavy atom. The zero-order chi connectivity index (χ0) is 12.1. The molecule has 0 radical (unpaired) electrons. The molecule has 0 spiro atoms. The van der Waals surface area contributed by atoms with E-state index in [2.05, 4.69) is 57.6 Å². The molecule has 0 aliphatic heterocycles. The molecule has 0 saturated heterocycles. The van der Waals surface area contributed by atoms with Crippen molar-refractivity contribution < 1.29 is 4.52 Å². The first-order chi connectivity index (χ1) is 8.29. The van der Waals surface area contributed by atoms with Crippen LogP contribution in [0.4, 0.5) is 0 Å². The number of nitrogens with one attached hydrogen (secondary N) is 1. The minimum Gasteiger partial charge on any atom is -0.364 e. The highest BCUT2D eigenvalue weighted by atomic mass is 79.9. The van der Waals surface area contributed by atoms with Gasteiger partial charge in [0.25, 0.3) is 0 Å². The Hall–Kier alpha value is -1.13. The molecule has 4 heteroatoms. The summed E-state index contributed by atoms with van der Waals surface area (Å²) in [5.41, 5.74) is 2.22. The number of halogens is 1. The van der Waals surface area contributed by atoms with Gasteiger partial charge in [0.05, 0.1) is 5.69 Å². The standard InChI is InChI=1S/C13H15BrN2O/c1-2-13(10-3-5-11(14)6-4-10)15-9-12-7-8-17-16-12/h3-8,13,15H,2,9H2,1H3. The number of aromatic nitrogens is 1. The van der Waals surface area contributed by atoms with Gasteiger partial charge in [-0.25, -0.2) is 0 Å². The van der Waals surface area contributed by atoms with Crippen LogP contribution in [0.1, 0.15) is 30.6 Å². The van der Waals surface area contributed by atoms with E-state index >= 15 is 0 Å². The zero-order valence-corrected chi connectivity index (χ0v) is 11.3. The van der Waals surface area contributed by atoms with E-state index in [9.17, 15) is 0 Å². The van der Waals surface area contributed by atoms with Crippen LogP contribution in [0.3, 0.4) is 0 Å². The van der Waals surface area contributed by atoms with Crippen molar-refractivity contribution >= 4 is 15.9 Å². The Morgan fingerprint density at radius 2 is 2.06 bits per heavy atom. The fraction of sp³-hybridized carbons (Fsp3) is 0.308. The second-order valence-electron chi connectivity index (χ2n) is 3.88. The molecule has 0 aliphatic carbocycles. The second-order valence-corrected chi connectivity index (χ2v) is 4.80. The fourth-order valence-corrected chi connectivity index (χ4v) is 2.01. The van der Waals surface area contributed by atoms with Crippen molar-refractivity contribution in [3.8, 4) is 0 Å². The molecule has 17 heavy (non-hydrogen) atoms. The molecule has 0 aliphatic rings. The lowest BCUT2D eigenvalue weighted by molar-refractivity contribution is 0.403. The third-order valence-electron chi connectivity index (χ3n) is 2.70. The normalized spacial score (nSPS) is 12.6. The maximum absolute atomic E-state index is 4.81. The van der Waals surface area contributed by atoms with Gasteiger partial charge in [-0.05, 0) is 24.1 Å². The molecule has 0 saturated carbocycles. The monoisotopic (exact) mass is 294 g/mol. The van der Waals surface area contributed by atoms with Crippen LogP contribution >= 0.6 is 15.9 Å². The molecular weight excluding hydrogens is 280 g/mol. The van der Waals surface area contributed by atoms with Crippen LogP contribution in [0.5, 0.6) is 0 Å². The molecule has 1 unspecified atom stereocenters. The molecule has 2 rings (SSSR count). The van der Waals surface area contributed by atoms with Crippen molar-refractivity contribution in [2.45, 2.75) is 25.9 Å².